The van der Waals surface area contributed by atoms with Crippen LogP contribution in [0.15, 0.2) is 27.8 Å². The van der Waals surface area contributed by atoms with E-state index in [1.54, 1.807) is 6.26 Å². The van der Waals surface area contributed by atoms with Crippen molar-refractivity contribution in [2.24, 2.45) is 10.9 Å². The van der Waals surface area contributed by atoms with Crippen LogP contribution in [0.25, 0.3) is 0 Å². The Bertz CT molecular complexity index is 580. The Balaban J connectivity index is 1.58. The van der Waals surface area contributed by atoms with E-state index in [-0.39, 0.29) is 6.04 Å². The molecule has 0 radical (unpaired) electrons. The molecule has 2 fully saturated rings. The first-order valence-electron chi connectivity index (χ1n) is 11.2. The number of nitrogens with zero attached hydrogens (tertiary/aromatic N) is 3. The summed E-state index contributed by atoms with van der Waals surface area (Å²) in [5.74, 6) is 2.65. The summed E-state index contributed by atoms with van der Waals surface area (Å²) in [6.07, 6.45) is 6.92. The summed E-state index contributed by atoms with van der Waals surface area (Å²) in [5.41, 5.74) is 0. The van der Waals surface area contributed by atoms with Gasteiger partial charge in [-0.15, -0.1) is 0 Å². The van der Waals surface area contributed by atoms with Gasteiger partial charge in [0, 0.05) is 25.7 Å². The van der Waals surface area contributed by atoms with Gasteiger partial charge in [-0.1, -0.05) is 0 Å². The number of guanidine groups is 1. The number of aliphatic imine (C=N–C) groups is 1. The SMILES string of the molecule is CCNC(=NCC(c1ccco1)N1CCCC1)NCC1CCCN(C(C)C)C1. The molecule has 2 aliphatic rings. The van der Waals surface area contributed by atoms with Gasteiger partial charge in [-0.25, -0.2) is 0 Å². The average Bonchev–Trinajstić information content (AvgIpc) is 3.41. The van der Waals surface area contributed by atoms with Gasteiger partial charge in [-0.05, 0) is 84.1 Å². The molecule has 0 aromatic carbocycles. The third kappa shape index (κ3) is 5.98. The lowest BCUT2D eigenvalue weighted by Gasteiger charge is -2.35. The van der Waals surface area contributed by atoms with Crippen molar-refractivity contribution < 1.29 is 4.42 Å². The number of likely N-dealkylation sites (tertiary alicyclic amines) is 2. The molecule has 2 saturated heterocycles. The summed E-state index contributed by atoms with van der Waals surface area (Å²) in [4.78, 5) is 10.0. The number of hydrogen-bond acceptors (Lipinski definition) is 4. The molecule has 0 bridgehead atoms. The lowest BCUT2D eigenvalue weighted by molar-refractivity contribution is 0.141. The zero-order valence-electron chi connectivity index (χ0n) is 18.0. The van der Waals surface area contributed by atoms with E-state index in [2.05, 4.69) is 47.3 Å². The highest BCUT2D eigenvalue weighted by Crippen LogP contribution is 2.25. The highest BCUT2D eigenvalue weighted by molar-refractivity contribution is 5.79. The van der Waals surface area contributed by atoms with Gasteiger partial charge >= 0.3 is 0 Å². The van der Waals surface area contributed by atoms with Gasteiger partial charge in [-0.3, -0.25) is 9.89 Å². The fraction of sp³-hybridized carbons (Fsp3) is 0.773. The summed E-state index contributed by atoms with van der Waals surface area (Å²) in [5, 5.41) is 7.03. The fourth-order valence-electron chi connectivity index (χ4n) is 4.41. The van der Waals surface area contributed by atoms with Crippen molar-refractivity contribution >= 4 is 5.96 Å². The third-order valence-electron chi connectivity index (χ3n) is 6.06. The van der Waals surface area contributed by atoms with Gasteiger partial charge < -0.3 is 20.0 Å². The quantitative estimate of drug-likeness (QED) is 0.529. The lowest BCUT2D eigenvalue weighted by atomic mass is 9.97. The van der Waals surface area contributed by atoms with Crippen LogP contribution in [0.4, 0.5) is 0 Å². The van der Waals surface area contributed by atoms with Crippen LogP contribution >= 0.6 is 0 Å². The van der Waals surface area contributed by atoms with Crippen molar-refractivity contribution in [1.29, 1.82) is 0 Å². The molecule has 28 heavy (non-hydrogen) atoms. The van der Waals surface area contributed by atoms with Gasteiger partial charge in [0.2, 0.25) is 0 Å². The zero-order chi connectivity index (χ0) is 19.8. The minimum Gasteiger partial charge on any atom is -0.468 e. The Hall–Kier alpha value is -1.53. The van der Waals surface area contributed by atoms with Crippen LogP contribution in [0.2, 0.25) is 0 Å². The van der Waals surface area contributed by atoms with Crippen LogP contribution in [0, 0.1) is 5.92 Å². The molecule has 1 aromatic heterocycles. The summed E-state index contributed by atoms with van der Waals surface area (Å²) in [7, 11) is 0. The van der Waals surface area contributed by atoms with Crippen LogP contribution in [0.1, 0.15) is 58.3 Å². The minimum atomic E-state index is 0.235. The van der Waals surface area contributed by atoms with Crippen LogP contribution in [0.5, 0.6) is 0 Å². The highest BCUT2D eigenvalue weighted by Gasteiger charge is 2.26. The maximum absolute atomic E-state index is 5.73. The summed E-state index contributed by atoms with van der Waals surface area (Å²) >= 11 is 0. The summed E-state index contributed by atoms with van der Waals surface area (Å²) < 4.78 is 5.73. The van der Waals surface area contributed by atoms with Crippen LogP contribution in [-0.4, -0.2) is 67.6 Å². The molecule has 2 unspecified atom stereocenters. The fourth-order valence-corrected chi connectivity index (χ4v) is 4.41. The van der Waals surface area contributed by atoms with Crippen LogP contribution in [0.3, 0.4) is 0 Å². The van der Waals surface area contributed by atoms with Gasteiger partial charge in [-0.2, -0.15) is 0 Å². The van der Waals surface area contributed by atoms with E-state index in [1.165, 1.54) is 38.8 Å². The van der Waals surface area contributed by atoms with E-state index < -0.39 is 0 Å². The Labute approximate surface area is 170 Å². The molecule has 0 aliphatic carbocycles. The van der Waals surface area contributed by atoms with Gasteiger partial charge in [0.1, 0.15) is 5.76 Å². The molecule has 6 heteroatoms. The third-order valence-corrected chi connectivity index (χ3v) is 6.06. The van der Waals surface area contributed by atoms with Gasteiger partial charge in [0.15, 0.2) is 5.96 Å². The maximum Gasteiger partial charge on any atom is 0.191 e. The van der Waals surface area contributed by atoms with Crippen molar-refractivity contribution in [3.8, 4) is 0 Å². The van der Waals surface area contributed by atoms with E-state index in [4.69, 9.17) is 9.41 Å². The van der Waals surface area contributed by atoms with E-state index in [9.17, 15) is 0 Å². The number of nitrogens with one attached hydrogen (secondary N) is 2. The first kappa shape index (κ1) is 21.2. The number of rotatable bonds is 8. The second kappa shape index (κ2) is 10.9. The van der Waals surface area contributed by atoms with E-state index in [0.717, 1.165) is 44.4 Å². The molecular formula is C22H39N5O. The normalized spacial score (nSPS) is 23.3. The molecule has 2 N–H and O–H groups in total. The summed E-state index contributed by atoms with van der Waals surface area (Å²) in [6, 6.07) is 4.94. The van der Waals surface area contributed by atoms with Crippen molar-refractivity contribution in [2.75, 3.05) is 45.8 Å². The lowest BCUT2D eigenvalue weighted by Crippen LogP contribution is -2.46. The summed E-state index contributed by atoms with van der Waals surface area (Å²) in [6.45, 7) is 14.0. The predicted molar refractivity (Wildman–Crippen MR) is 116 cm³/mol. The molecule has 158 valence electrons. The standard InChI is InChI=1S/C22H39N5O/c1-4-23-22(24-15-19-9-7-13-27(17-19)18(2)3)25-16-20(21-10-8-14-28-21)26-11-5-6-12-26/h8,10,14,18-20H,4-7,9,11-13,15-17H2,1-3H3,(H2,23,24,25). The first-order valence-corrected chi connectivity index (χ1v) is 11.2. The number of hydrogen-bond donors (Lipinski definition) is 2. The maximum atomic E-state index is 5.73. The van der Waals surface area contributed by atoms with Crippen molar-refractivity contribution in [1.82, 2.24) is 20.4 Å². The van der Waals surface area contributed by atoms with E-state index >= 15 is 0 Å². The largest absolute Gasteiger partial charge is 0.468 e. The molecule has 0 spiro atoms. The molecule has 0 saturated carbocycles. The van der Waals surface area contributed by atoms with Crippen molar-refractivity contribution in [2.45, 2.75) is 58.5 Å². The van der Waals surface area contributed by atoms with Crippen molar-refractivity contribution in [3.05, 3.63) is 24.2 Å². The molecule has 3 rings (SSSR count). The van der Waals surface area contributed by atoms with Gasteiger partial charge in [0.25, 0.3) is 0 Å². The average molecular weight is 390 g/mol. The molecule has 0 amide bonds. The Morgan fingerprint density at radius 3 is 2.64 bits per heavy atom. The first-order chi connectivity index (χ1) is 13.7. The van der Waals surface area contributed by atoms with Gasteiger partial charge in [0.05, 0.1) is 18.8 Å². The zero-order valence-corrected chi connectivity index (χ0v) is 18.0. The molecular weight excluding hydrogens is 350 g/mol. The van der Waals surface area contributed by atoms with E-state index in [1.807, 2.05) is 6.07 Å². The predicted octanol–water partition coefficient (Wildman–Crippen LogP) is 3.09. The second-order valence-electron chi connectivity index (χ2n) is 8.47. The molecule has 2 aliphatic heterocycles. The smallest absolute Gasteiger partial charge is 0.191 e. The highest BCUT2D eigenvalue weighted by atomic mass is 16.3. The monoisotopic (exact) mass is 389 g/mol. The minimum absolute atomic E-state index is 0.235. The molecule has 3 heterocycles. The Kier molecular flexibility index (Phi) is 8.22. The molecule has 1 aromatic rings. The number of furan rings is 1. The Morgan fingerprint density at radius 2 is 1.96 bits per heavy atom. The molecule has 6 nitrogen and oxygen atoms in total. The van der Waals surface area contributed by atoms with Crippen LogP contribution in [-0.2, 0) is 0 Å². The Morgan fingerprint density at radius 1 is 1.18 bits per heavy atom. The van der Waals surface area contributed by atoms with Crippen molar-refractivity contribution in [3.63, 3.8) is 0 Å². The molecule has 2 atom stereocenters. The van der Waals surface area contributed by atoms with E-state index in [0.29, 0.717) is 12.0 Å². The second-order valence-corrected chi connectivity index (χ2v) is 8.47. The number of piperidine rings is 1. The topological polar surface area (TPSA) is 56.0 Å². The van der Waals surface area contributed by atoms with Crippen LogP contribution < -0.4 is 10.6 Å².